The van der Waals surface area contributed by atoms with E-state index in [4.69, 9.17) is 9.15 Å². The molecule has 0 spiro atoms. The predicted molar refractivity (Wildman–Crippen MR) is 88.2 cm³/mol. The molecule has 0 bridgehead atoms. The summed E-state index contributed by atoms with van der Waals surface area (Å²) in [5, 5.41) is 3.45. The Hall–Kier alpha value is -0.800. The Morgan fingerprint density at radius 2 is 2.10 bits per heavy atom. The number of furan rings is 1. The highest BCUT2D eigenvalue weighted by atomic mass is 16.5. The Morgan fingerprint density at radius 1 is 1.29 bits per heavy atom. The lowest BCUT2D eigenvalue weighted by Crippen LogP contribution is -2.19. The van der Waals surface area contributed by atoms with Crippen LogP contribution < -0.4 is 5.32 Å². The molecule has 0 radical (unpaired) electrons. The first kappa shape index (κ1) is 18.2. The van der Waals surface area contributed by atoms with Gasteiger partial charge in [-0.3, -0.25) is 0 Å². The molecule has 3 nitrogen and oxygen atoms in total. The molecule has 21 heavy (non-hydrogen) atoms. The minimum atomic E-state index is 0.592. The maximum absolute atomic E-state index is 5.87. The highest BCUT2D eigenvalue weighted by Gasteiger charge is 2.09. The highest BCUT2D eigenvalue weighted by Crippen LogP contribution is 2.16. The van der Waals surface area contributed by atoms with Crippen LogP contribution in [0.25, 0.3) is 0 Å². The van der Waals surface area contributed by atoms with Gasteiger partial charge in [0.2, 0.25) is 0 Å². The average Bonchev–Trinajstić information content (AvgIpc) is 2.90. The molecule has 3 heteroatoms. The molecule has 0 aliphatic carbocycles. The van der Waals surface area contributed by atoms with Crippen molar-refractivity contribution in [3.05, 3.63) is 23.7 Å². The second kappa shape index (κ2) is 10.9. The topological polar surface area (TPSA) is 34.4 Å². The van der Waals surface area contributed by atoms with Gasteiger partial charge in [-0.25, -0.2) is 0 Å². The summed E-state index contributed by atoms with van der Waals surface area (Å²) in [6.07, 6.45) is 6.79. The van der Waals surface area contributed by atoms with E-state index in [2.05, 4.69) is 33.0 Å². The van der Waals surface area contributed by atoms with Gasteiger partial charge in [0.15, 0.2) is 0 Å². The molecule has 1 rings (SSSR count). The van der Waals surface area contributed by atoms with Crippen molar-refractivity contribution in [2.24, 2.45) is 11.8 Å². The van der Waals surface area contributed by atoms with Crippen LogP contribution in [0.5, 0.6) is 0 Å². The van der Waals surface area contributed by atoms with E-state index in [1.807, 2.05) is 6.07 Å². The van der Waals surface area contributed by atoms with Crippen LogP contribution in [0.2, 0.25) is 0 Å². The van der Waals surface area contributed by atoms with Gasteiger partial charge in [-0.2, -0.15) is 0 Å². The van der Waals surface area contributed by atoms with E-state index in [0.717, 1.165) is 25.5 Å². The van der Waals surface area contributed by atoms with Crippen LogP contribution in [0.15, 0.2) is 16.7 Å². The monoisotopic (exact) mass is 295 g/mol. The molecule has 1 aromatic heterocycles. The highest BCUT2D eigenvalue weighted by molar-refractivity contribution is 5.16. The third-order valence-electron chi connectivity index (χ3n) is 3.84. The molecule has 122 valence electrons. The summed E-state index contributed by atoms with van der Waals surface area (Å²) in [6, 6.07) is 2.04. The van der Waals surface area contributed by atoms with Gasteiger partial charge in [0.05, 0.1) is 6.26 Å². The zero-order chi connectivity index (χ0) is 15.5. The third kappa shape index (κ3) is 7.68. The largest absolute Gasteiger partial charge is 0.467 e. The van der Waals surface area contributed by atoms with Crippen molar-refractivity contribution in [1.29, 1.82) is 0 Å². The molecule has 1 unspecified atom stereocenters. The third-order valence-corrected chi connectivity index (χ3v) is 3.84. The molecule has 0 aromatic carbocycles. The van der Waals surface area contributed by atoms with E-state index in [0.29, 0.717) is 18.4 Å². The number of hydrogen-bond donors (Lipinski definition) is 1. The van der Waals surface area contributed by atoms with E-state index < -0.39 is 0 Å². The van der Waals surface area contributed by atoms with Gasteiger partial charge < -0.3 is 14.5 Å². The van der Waals surface area contributed by atoms with Crippen molar-refractivity contribution in [2.45, 2.75) is 66.5 Å². The maximum Gasteiger partial charge on any atom is 0.133 e. The van der Waals surface area contributed by atoms with Gasteiger partial charge in [-0.05, 0) is 30.9 Å². The lowest BCUT2D eigenvalue weighted by Gasteiger charge is -2.14. The fraction of sp³-hybridized carbons (Fsp3) is 0.778. The normalized spacial score (nSPS) is 13.0. The molecule has 1 atom stereocenters. The van der Waals surface area contributed by atoms with E-state index in [9.17, 15) is 0 Å². The van der Waals surface area contributed by atoms with Crippen molar-refractivity contribution in [3.63, 3.8) is 0 Å². The summed E-state index contributed by atoms with van der Waals surface area (Å²) >= 11 is 0. The molecule has 0 saturated carbocycles. The second-order valence-electron chi connectivity index (χ2n) is 6.33. The Morgan fingerprint density at radius 3 is 2.76 bits per heavy atom. The van der Waals surface area contributed by atoms with Crippen LogP contribution in [0.4, 0.5) is 0 Å². The summed E-state index contributed by atoms with van der Waals surface area (Å²) in [5.41, 5.74) is 1.22. The molecule has 0 fully saturated rings. The number of ether oxygens (including phenoxy) is 1. The van der Waals surface area contributed by atoms with E-state index in [-0.39, 0.29) is 0 Å². The summed E-state index contributed by atoms with van der Waals surface area (Å²) < 4.78 is 11.4. The molecule has 1 aromatic rings. The molecule has 0 aliphatic heterocycles. The fourth-order valence-corrected chi connectivity index (χ4v) is 2.36. The van der Waals surface area contributed by atoms with Crippen molar-refractivity contribution in [2.75, 3.05) is 13.2 Å². The lowest BCUT2D eigenvalue weighted by molar-refractivity contribution is 0.0703. The molecular formula is C18H33NO2. The van der Waals surface area contributed by atoms with Gasteiger partial charge in [0, 0.05) is 18.7 Å². The predicted octanol–water partition coefficient (Wildman–Crippen LogP) is 4.76. The van der Waals surface area contributed by atoms with Crippen LogP contribution in [0.1, 0.15) is 64.7 Å². The first-order valence-corrected chi connectivity index (χ1v) is 8.51. The van der Waals surface area contributed by atoms with Crippen molar-refractivity contribution < 1.29 is 9.15 Å². The standard InChI is InChI=1S/C18H33NO2/c1-5-7-8-16(6-2)13-20-14-18-17(9-10-21-18)12-19-11-15(3)4/h9-10,15-16,19H,5-8,11-14H2,1-4H3. The Labute approximate surface area is 130 Å². The van der Waals surface area contributed by atoms with Crippen LogP contribution in [0, 0.1) is 11.8 Å². The Bertz CT molecular complexity index is 360. The summed E-state index contributed by atoms with van der Waals surface area (Å²) in [5.74, 6) is 2.32. The molecule has 1 heterocycles. The van der Waals surface area contributed by atoms with Crippen molar-refractivity contribution in [1.82, 2.24) is 5.32 Å². The molecule has 0 amide bonds. The van der Waals surface area contributed by atoms with Gasteiger partial charge in [-0.15, -0.1) is 0 Å². The molecule has 0 saturated heterocycles. The first-order chi connectivity index (χ1) is 10.2. The van der Waals surface area contributed by atoms with Crippen molar-refractivity contribution >= 4 is 0 Å². The fourth-order valence-electron chi connectivity index (χ4n) is 2.36. The number of unbranched alkanes of at least 4 members (excludes halogenated alkanes) is 1. The van der Waals surface area contributed by atoms with Crippen LogP contribution in [-0.2, 0) is 17.9 Å². The number of rotatable bonds is 12. The summed E-state index contributed by atoms with van der Waals surface area (Å²) in [6.45, 7) is 12.2. The second-order valence-corrected chi connectivity index (χ2v) is 6.33. The SMILES string of the molecule is CCCCC(CC)COCc1occc1CNCC(C)C. The smallest absolute Gasteiger partial charge is 0.133 e. The molecule has 0 aliphatic rings. The average molecular weight is 295 g/mol. The zero-order valence-corrected chi connectivity index (χ0v) is 14.3. The number of hydrogen-bond acceptors (Lipinski definition) is 3. The van der Waals surface area contributed by atoms with Gasteiger partial charge in [0.1, 0.15) is 12.4 Å². The molecule has 1 N–H and O–H groups in total. The van der Waals surface area contributed by atoms with Crippen LogP contribution >= 0.6 is 0 Å². The van der Waals surface area contributed by atoms with Gasteiger partial charge in [0.25, 0.3) is 0 Å². The minimum Gasteiger partial charge on any atom is -0.467 e. The van der Waals surface area contributed by atoms with Crippen LogP contribution in [0.3, 0.4) is 0 Å². The van der Waals surface area contributed by atoms with Crippen LogP contribution in [-0.4, -0.2) is 13.2 Å². The van der Waals surface area contributed by atoms with Gasteiger partial charge in [-0.1, -0.05) is 47.0 Å². The van der Waals surface area contributed by atoms with Gasteiger partial charge >= 0.3 is 0 Å². The maximum atomic E-state index is 5.87. The van der Waals surface area contributed by atoms with Crippen molar-refractivity contribution in [3.8, 4) is 0 Å². The first-order valence-electron chi connectivity index (χ1n) is 8.51. The Balaban J connectivity index is 2.29. The summed E-state index contributed by atoms with van der Waals surface area (Å²) in [7, 11) is 0. The summed E-state index contributed by atoms with van der Waals surface area (Å²) in [4.78, 5) is 0. The number of nitrogens with one attached hydrogen (secondary N) is 1. The van der Waals surface area contributed by atoms with E-state index >= 15 is 0 Å². The van der Waals surface area contributed by atoms with E-state index in [1.165, 1.54) is 31.2 Å². The minimum absolute atomic E-state index is 0.592. The van der Waals surface area contributed by atoms with E-state index in [1.54, 1.807) is 6.26 Å². The molecular weight excluding hydrogens is 262 g/mol. The quantitative estimate of drug-likeness (QED) is 0.604. The zero-order valence-electron chi connectivity index (χ0n) is 14.3. The lowest BCUT2D eigenvalue weighted by atomic mass is 10.0. The Kier molecular flexibility index (Phi) is 9.44.